The fraction of sp³-hybridized carbons (Fsp3) is 0.182. The highest BCUT2D eigenvalue weighted by Gasteiger charge is 2.18. The molecule has 1 aromatic carbocycles. The summed E-state index contributed by atoms with van der Waals surface area (Å²) in [6.45, 7) is 1.95. The zero-order chi connectivity index (χ0) is 13.1. The van der Waals surface area contributed by atoms with Gasteiger partial charge in [0.05, 0.1) is 12.2 Å². The summed E-state index contributed by atoms with van der Waals surface area (Å²) in [6.07, 6.45) is 0. The minimum Gasteiger partial charge on any atom is -0.460 e. The minimum absolute atomic E-state index is 0.112. The maximum absolute atomic E-state index is 11.4. The molecule has 0 spiro atoms. The smallest absolute Gasteiger partial charge is 0.379 e. The number of aromatic nitrogens is 2. The number of ether oxygens (including phenoxy) is 1. The Morgan fingerprint density at radius 3 is 3.06 bits per heavy atom. The van der Waals surface area contributed by atoms with Crippen molar-refractivity contribution in [3.63, 3.8) is 0 Å². The summed E-state index contributed by atoms with van der Waals surface area (Å²) in [5, 5.41) is 4.09. The number of rotatable bonds is 3. The van der Waals surface area contributed by atoms with E-state index < -0.39 is 5.97 Å². The molecule has 94 valence electrons. The fourth-order valence-electron chi connectivity index (χ4n) is 1.27. The van der Waals surface area contributed by atoms with Crippen LogP contribution >= 0.6 is 27.5 Å². The standard InChI is InChI=1S/C11H8BrClN2O3/c1-2-17-11(16)9-14-10(18-15-9)7-5-6(13)3-4-8(7)12/h3-5H,2H2,1H3. The Bertz CT molecular complexity index is 585. The summed E-state index contributed by atoms with van der Waals surface area (Å²) in [7, 11) is 0. The van der Waals surface area contributed by atoms with Crippen LogP contribution < -0.4 is 0 Å². The summed E-state index contributed by atoms with van der Waals surface area (Å²) in [4.78, 5) is 15.4. The van der Waals surface area contributed by atoms with E-state index in [1.54, 1.807) is 25.1 Å². The van der Waals surface area contributed by atoms with Gasteiger partial charge in [-0.05, 0) is 46.2 Å². The molecule has 18 heavy (non-hydrogen) atoms. The van der Waals surface area contributed by atoms with Gasteiger partial charge in [-0.2, -0.15) is 4.98 Å². The van der Waals surface area contributed by atoms with Gasteiger partial charge in [0.15, 0.2) is 0 Å². The van der Waals surface area contributed by atoms with Crippen LogP contribution in [-0.2, 0) is 4.74 Å². The molecule has 2 rings (SSSR count). The predicted molar refractivity (Wildman–Crippen MR) is 68.4 cm³/mol. The van der Waals surface area contributed by atoms with Crippen molar-refractivity contribution in [2.45, 2.75) is 6.92 Å². The monoisotopic (exact) mass is 330 g/mol. The van der Waals surface area contributed by atoms with Crippen LogP contribution in [0.4, 0.5) is 0 Å². The molecule has 0 aliphatic carbocycles. The molecule has 5 nitrogen and oxygen atoms in total. The van der Waals surface area contributed by atoms with Gasteiger partial charge in [-0.15, -0.1) is 0 Å². The number of carbonyl (C=O) groups excluding carboxylic acids is 1. The van der Waals surface area contributed by atoms with Crippen LogP contribution in [0.3, 0.4) is 0 Å². The molecule has 0 amide bonds. The maximum atomic E-state index is 11.4. The van der Waals surface area contributed by atoms with Crippen LogP contribution in [0.15, 0.2) is 27.2 Å². The van der Waals surface area contributed by atoms with Crippen molar-refractivity contribution in [2.24, 2.45) is 0 Å². The van der Waals surface area contributed by atoms with Crippen LogP contribution in [0.1, 0.15) is 17.5 Å². The van der Waals surface area contributed by atoms with E-state index in [1.807, 2.05) is 0 Å². The molecule has 0 aliphatic rings. The van der Waals surface area contributed by atoms with Gasteiger partial charge in [-0.3, -0.25) is 0 Å². The summed E-state index contributed by atoms with van der Waals surface area (Å²) >= 11 is 9.23. The van der Waals surface area contributed by atoms with E-state index in [-0.39, 0.29) is 18.3 Å². The fourth-order valence-corrected chi connectivity index (χ4v) is 1.86. The highest BCUT2D eigenvalue weighted by atomic mass is 79.9. The van der Waals surface area contributed by atoms with Gasteiger partial charge < -0.3 is 9.26 Å². The van der Waals surface area contributed by atoms with Gasteiger partial charge in [0, 0.05) is 9.50 Å². The number of nitrogens with zero attached hydrogens (tertiary/aromatic N) is 2. The molecule has 7 heteroatoms. The normalized spacial score (nSPS) is 10.4. The molecule has 0 saturated heterocycles. The number of benzene rings is 1. The summed E-state index contributed by atoms with van der Waals surface area (Å²) in [5.74, 6) is -0.531. The Balaban J connectivity index is 2.35. The number of esters is 1. The third kappa shape index (κ3) is 2.70. The van der Waals surface area contributed by atoms with E-state index in [0.29, 0.717) is 10.6 Å². The molecular formula is C11H8BrClN2O3. The molecule has 1 aromatic heterocycles. The Kier molecular flexibility index (Phi) is 3.98. The molecule has 0 aliphatic heterocycles. The third-order valence-corrected chi connectivity index (χ3v) is 2.97. The Morgan fingerprint density at radius 1 is 1.56 bits per heavy atom. The zero-order valence-electron chi connectivity index (χ0n) is 9.31. The van der Waals surface area contributed by atoms with E-state index in [2.05, 4.69) is 26.1 Å². The second kappa shape index (κ2) is 5.49. The summed E-state index contributed by atoms with van der Waals surface area (Å²) in [6, 6.07) is 5.14. The molecule has 2 aromatic rings. The van der Waals surface area contributed by atoms with Gasteiger partial charge in [0.25, 0.3) is 11.7 Å². The van der Waals surface area contributed by atoms with Crippen LogP contribution in [0, 0.1) is 0 Å². The van der Waals surface area contributed by atoms with Crippen molar-refractivity contribution >= 4 is 33.5 Å². The van der Waals surface area contributed by atoms with Crippen molar-refractivity contribution in [1.29, 1.82) is 0 Å². The molecule has 0 fully saturated rings. The second-order valence-corrected chi connectivity index (χ2v) is 4.56. The minimum atomic E-state index is -0.620. The molecular weight excluding hydrogens is 323 g/mol. The van der Waals surface area contributed by atoms with Crippen molar-refractivity contribution in [1.82, 2.24) is 10.1 Å². The molecule has 1 heterocycles. The highest BCUT2D eigenvalue weighted by molar-refractivity contribution is 9.10. The first-order valence-electron chi connectivity index (χ1n) is 5.08. The molecule has 0 atom stereocenters. The quantitative estimate of drug-likeness (QED) is 0.807. The number of halogens is 2. The van der Waals surface area contributed by atoms with Crippen molar-refractivity contribution in [3.8, 4) is 11.5 Å². The maximum Gasteiger partial charge on any atom is 0.379 e. The lowest BCUT2D eigenvalue weighted by Crippen LogP contribution is -2.06. The van der Waals surface area contributed by atoms with Crippen LogP contribution in [0.25, 0.3) is 11.5 Å². The lowest BCUT2D eigenvalue weighted by Gasteiger charge is -1.98. The Morgan fingerprint density at radius 2 is 2.33 bits per heavy atom. The van der Waals surface area contributed by atoms with Crippen molar-refractivity contribution in [2.75, 3.05) is 6.61 Å². The lowest BCUT2D eigenvalue weighted by molar-refractivity contribution is 0.0508. The van der Waals surface area contributed by atoms with Gasteiger partial charge >= 0.3 is 5.97 Å². The molecule has 0 saturated carbocycles. The van der Waals surface area contributed by atoms with Gasteiger partial charge in [0.2, 0.25) is 0 Å². The van der Waals surface area contributed by atoms with Crippen molar-refractivity contribution < 1.29 is 14.1 Å². The van der Waals surface area contributed by atoms with Gasteiger partial charge in [-0.1, -0.05) is 11.6 Å². The first-order valence-corrected chi connectivity index (χ1v) is 6.25. The van der Waals surface area contributed by atoms with Crippen LogP contribution in [0.5, 0.6) is 0 Å². The van der Waals surface area contributed by atoms with E-state index in [9.17, 15) is 4.79 Å². The second-order valence-electron chi connectivity index (χ2n) is 3.27. The summed E-state index contributed by atoms with van der Waals surface area (Å²) < 4.78 is 10.5. The first kappa shape index (κ1) is 13.0. The van der Waals surface area contributed by atoms with E-state index in [4.69, 9.17) is 20.9 Å². The topological polar surface area (TPSA) is 65.2 Å². The average Bonchev–Trinajstić information content (AvgIpc) is 2.82. The Hall–Kier alpha value is -1.40. The predicted octanol–water partition coefficient (Wildman–Crippen LogP) is 3.33. The molecule has 0 bridgehead atoms. The van der Waals surface area contributed by atoms with Gasteiger partial charge in [0.1, 0.15) is 0 Å². The number of hydrogen-bond donors (Lipinski definition) is 0. The number of hydrogen-bond acceptors (Lipinski definition) is 5. The van der Waals surface area contributed by atoms with E-state index in [1.165, 1.54) is 0 Å². The molecule has 0 radical (unpaired) electrons. The van der Waals surface area contributed by atoms with E-state index in [0.717, 1.165) is 4.47 Å². The summed E-state index contributed by atoms with van der Waals surface area (Å²) in [5.41, 5.74) is 0.616. The first-order chi connectivity index (χ1) is 8.61. The van der Waals surface area contributed by atoms with Crippen LogP contribution in [0.2, 0.25) is 5.02 Å². The van der Waals surface area contributed by atoms with Crippen LogP contribution in [-0.4, -0.2) is 22.7 Å². The third-order valence-electron chi connectivity index (χ3n) is 2.04. The highest BCUT2D eigenvalue weighted by Crippen LogP contribution is 2.29. The average molecular weight is 332 g/mol. The number of carbonyl (C=O) groups is 1. The Labute approximate surface area is 116 Å². The molecule has 0 unspecified atom stereocenters. The largest absolute Gasteiger partial charge is 0.460 e. The molecule has 0 N–H and O–H groups in total. The lowest BCUT2D eigenvalue weighted by atomic mass is 10.2. The SMILES string of the molecule is CCOC(=O)c1noc(-c2cc(Cl)ccc2Br)n1. The zero-order valence-corrected chi connectivity index (χ0v) is 11.7. The van der Waals surface area contributed by atoms with Gasteiger partial charge in [-0.25, -0.2) is 4.79 Å². The van der Waals surface area contributed by atoms with Crippen molar-refractivity contribution in [3.05, 3.63) is 33.5 Å². The van der Waals surface area contributed by atoms with E-state index >= 15 is 0 Å².